The van der Waals surface area contributed by atoms with Crippen LogP contribution in [-0.4, -0.2) is 54.1 Å². The average molecular weight is 348 g/mol. The third-order valence-electron chi connectivity index (χ3n) is 4.60. The van der Waals surface area contributed by atoms with Crippen LogP contribution in [0.15, 0.2) is 24.3 Å². The van der Waals surface area contributed by atoms with Crippen molar-refractivity contribution in [2.24, 2.45) is 5.92 Å². The lowest BCUT2D eigenvalue weighted by Crippen LogP contribution is -2.40. The van der Waals surface area contributed by atoms with E-state index in [0.29, 0.717) is 25.4 Å². The summed E-state index contributed by atoms with van der Waals surface area (Å²) in [7, 11) is 1.65. The van der Waals surface area contributed by atoms with Crippen molar-refractivity contribution >= 4 is 23.6 Å². The molecule has 0 aromatic heterocycles. The molecule has 1 aromatic carbocycles. The molecule has 1 saturated heterocycles. The van der Waals surface area contributed by atoms with Crippen molar-refractivity contribution < 1.29 is 14.3 Å². The molecule has 0 N–H and O–H groups in total. The molecule has 2 fully saturated rings. The van der Waals surface area contributed by atoms with E-state index in [1.807, 2.05) is 41.0 Å². The molecule has 1 aliphatic heterocycles. The number of thioether (sulfide) groups is 1. The second-order valence-corrected chi connectivity index (χ2v) is 7.25. The van der Waals surface area contributed by atoms with Gasteiger partial charge in [0.2, 0.25) is 11.8 Å². The lowest BCUT2D eigenvalue weighted by atomic mass is 10.2. The highest BCUT2D eigenvalue weighted by molar-refractivity contribution is 8.00. The van der Waals surface area contributed by atoms with Gasteiger partial charge in [-0.1, -0.05) is 18.2 Å². The summed E-state index contributed by atoms with van der Waals surface area (Å²) in [6, 6.07) is 7.83. The maximum absolute atomic E-state index is 12.3. The molecular weight excluding hydrogens is 324 g/mol. The van der Waals surface area contributed by atoms with Crippen LogP contribution in [0.4, 0.5) is 0 Å². The Labute approximate surface area is 147 Å². The molecule has 1 unspecified atom stereocenters. The quantitative estimate of drug-likeness (QED) is 0.760. The molecule has 3 rings (SSSR count). The molecule has 1 aromatic rings. The van der Waals surface area contributed by atoms with Crippen LogP contribution in [0.2, 0.25) is 0 Å². The van der Waals surface area contributed by atoms with Crippen LogP contribution < -0.4 is 4.74 Å². The third-order valence-corrected chi connectivity index (χ3v) is 5.84. The molecule has 1 aliphatic carbocycles. The standard InChI is InChI=1S/C18H24N2O3S/c1-3-19(17(22)13-8-9-13)10-11-20-16(21)12-24-18(20)14-6-4-5-7-15(14)23-2/h4-7,13,18H,3,8-12H2,1-2H3. The van der Waals surface area contributed by atoms with Gasteiger partial charge in [-0.25, -0.2) is 0 Å². The summed E-state index contributed by atoms with van der Waals surface area (Å²) in [4.78, 5) is 28.4. The predicted octanol–water partition coefficient (Wildman–Crippen LogP) is 2.53. The Kier molecular flexibility index (Phi) is 5.33. The highest BCUT2D eigenvalue weighted by Gasteiger charge is 2.36. The van der Waals surface area contributed by atoms with Crippen LogP contribution in [0, 0.1) is 5.92 Å². The summed E-state index contributed by atoms with van der Waals surface area (Å²) in [5.74, 6) is 1.87. The molecule has 5 nitrogen and oxygen atoms in total. The number of nitrogens with zero attached hydrogens (tertiary/aromatic N) is 2. The molecule has 0 spiro atoms. The van der Waals surface area contributed by atoms with Crippen molar-refractivity contribution in [1.29, 1.82) is 0 Å². The number of rotatable bonds is 7. The lowest BCUT2D eigenvalue weighted by Gasteiger charge is -2.29. The molecule has 1 saturated carbocycles. The number of hydrogen-bond acceptors (Lipinski definition) is 4. The van der Waals surface area contributed by atoms with E-state index in [4.69, 9.17) is 4.74 Å². The van der Waals surface area contributed by atoms with Gasteiger partial charge in [0, 0.05) is 31.1 Å². The van der Waals surface area contributed by atoms with Crippen LogP contribution in [0.1, 0.15) is 30.7 Å². The summed E-state index contributed by atoms with van der Waals surface area (Å²) in [5, 5.41) is -0.0385. The summed E-state index contributed by atoms with van der Waals surface area (Å²) < 4.78 is 5.45. The number of methoxy groups -OCH3 is 1. The number of benzene rings is 1. The monoisotopic (exact) mass is 348 g/mol. The third kappa shape index (κ3) is 3.53. The predicted molar refractivity (Wildman–Crippen MR) is 94.9 cm³/mol. The van der Waals surface area contributed by atoms with Gasteiger partial charge in [0.05, 0.1) is 12.9 Å². The van der Waals surface area contributed by atoms with Crippen molar-refractivity contribution in [1.82, 2.24) is 9.80 Å². The van der Waals surface area contributed by atoms with Gasteiger partial charge in [0.1, 0.15) is 11.1 Å². The maximum Gasteiger partial charge on any atom is 0.233 e. The van der Waals surface area contributed by atoms with E-state index in [0.717, 1.165) is 24.2 Å². The van der Waals surface area contributed by atoms with Gasteiger partial charge in [-0.15, -0.1) is 11.8 Å². The van der Waals surface area contributed by atoms with Crippen molar-refractivity contribution in [2.75, 3.05) is 32.5 Å². The minimum absolute atomic E-state index is 0.0385. The molecule has 6 heteroatoms. The number of ether oxygens (including phenoxy) is 1. The van der Waals surface area contributed by atoms with Gasteiger partial charge in [0.15, 0.2) is 0 Å². The van der Waals surface area contributed by atoms with E-state index in [-0.39, 0.29) is 23.1 Å². The zero-order chi connectivity index (χ0) is 17.1. The zero-order valence-corrected chi connectivity index (χ0v) is 15.1. The van der Waals surface area contributed by atoms with E-state index < -0.39 is 0 Å². The lowest BCUT2D eigenvalue weighted by molar-refractivity contribution is -0.134. The van der Waals surface area contributed by atoms with Gasteiger partial charge in [-0.2, -0.15) is 0 Å². The van der Waals surface area contributed by atoms with Crippen molar-refractivity contribution in [3.05, 3.63) is 29.8 Å². The maximum atomic E-state index is 12.3. The first-order valence-corrected chi connectivity index (χ1v) is 9.53. The van der Waals surface area contributed by atoms with E-state index in [1.54, 1.807) is 18.9 Å². The Balaban J connectivity index is 1.70. The molecule has 2 amide bonds. The molecule has 0 radical (unpaired) electrons. The molecule has 1 atom stereocenters. The first-order chi connectivity index (χ1) is 11.7. The number of para-hydroxylation sites is 1. The first kappa shape index (κ1) is 17.1. The van der Waals surface area contributed by atoms with Crippen LogP contribution in [0.25, 0.3) is 0 Å². The fraction of sp³-hybridized carbons (Fsp3) is 0.556. The fourth-order valence-corrected chi connectivity index (χ4v) is 4.31. The Hall–Kier alpha value is -1.69. The summed E-state index contributed by atoms with van der Waals surface area (Å²) >= 11 is 1.62. The van der Waals surface area contributed by atoms with Crippen LogP contribution in [-0.2, 0) is 9.59 Å². The SMILES string of the molecule is CCN(CCN1C(=O)CSC1c1ccccc1OC)C(=O)C1CC1. The van der Waals surface area contributed by atoms with Gasteiger partial charge >= 0.3 is 0 Å². The number of carbonyl (C=O) groups excluding carboxylic acids is 2. The minimum Gasteiger partial charge on any atom is -0.496 e. The Morgan fingerprint density at radius 1 is 1.38 bits per heavy atom. The molecular formula is C18H24N2O3S. The van der Waals surface area contributed by atoms with Crippen LogP contribution in [0.3, 0.4) is 0 Å². The summed E-state index contributed by atoms with van der Waals surface area (Å²) in [6.45, 7) is 3.87. The summed E-state index contributed by atoms with van der Waals surface area (Å²) in [5.41, 5.74) is 1.02. The van der Waals surface area contributed by atoms with Crippen molar-refractivity contribution in [2.45, 2.75) is 25.1 Å². The number of likely N-dealkylation sites (N-methyl/N-ethyl adjacent to an activating group) is 1. The van der Waals surface area contributed by atoms with Gasteiger partial charge in [0.25, 0.3) is 0 Å². The van der Waals surface area contributed by atoms with E-state index >= 15 is 0 Å². The second kappa shape index (κ2) is 7.47. The highest BCUT2D eigenvalue weighted by Crippen LogP contribution is 2.42. The number of carbonyl (C=O) groups is 2. The Morgan fingerprint density at radius 3 is 2.79 bits per heavy atom. The molecule has 2 aliphatic rings. The van der Waals surface area contributed by atoms with Gasteiger partial charge < -0.3 is 14.5 Å². The molecule has 130 valence electrons. The summed E-state index contributed by atoms with van der Waals surface area (Å²) in [6.07, 6.45) is 2.02. The fourth-order valence-electron chi connectivity index (χ4n) is 3.07. The van der Waals surface area contributed by atoms with Crippen molar-refractivity contribution in [3.63, 3.8) is 0 Å². The number of amides is 2. The molecule has 0 bridgehead atoms. The topological polar surface area (TPSA) is 49.9 Å². The minimum atomic E-state index is -0.0385. The van der Waals surface area contributed by atoms with Gasteiger partial charge in [-0.05, 0) is 25.8 Å². The largest absolute Gasteiger partial charge is 0.496 e. The highest BCUT2D eigenvalue weighted by atomic mass is 32.2. The van der Waals surface area contributed by atoms with E-state index in [1.165, 1.54) is 0 Å². The Morgan fingerprint density at radius 2 is 2.12 bits per heavy atom. The van der Waals surface area contributed by atoms with E-state index in [2.05, 4.69) is 0 Å². The van der Waals surface area contributed by atoms with Crippen LogP contribution in [0.5, 0.6) is 5.75 Å². The Bertz CT molecular complexity index is 618. The second-order valence-electron chi connectivity index (χ2n) is 6.18. The average Bonchev–Trinajstić information content (AvgIpc) is 3.39. The zero-order valence-electron chi connectivity index (χ0n) is 14.2. The van der Waals surface area contributed by atoms with Crippen LogP contribution >= 0.6 is 11.8 Å². The first-order valence-electron chi connectivity index (χ1n) is 8.48. The van der Waals surface area contributed by atoms with Gasteiger partial charge in [-0.3, -0.25) is 9.59 Å². The molecule has 1 heterocycles. The smallest absolute Gasteiger partial charge is 0.233 e. The number of hydrogen-bond donors (Lipinski definition) is 0. The molecule has 24 heavy (non-hydrogen) atoms. The van der Waals surface area contributed by atoms with Crippen molar-refractivity contribution in [3.8, 4) is 5.75 Å². The van der Waals surface area contributed by atoms with E-state index in [9.17, 15) is 9.59 Å². The normalized spacial score (nSPS) is 20.3.